The van der Waals surface area contributed by atoms with Crippen LogP contribution in [0.5, 0.6) is 0 Å². The first-order valence-corrected chi connectivity index (χ1v) is 13.4. The van der Waals surface area contributed by atoms with Crippen LogP contribution in [0.3, 0.4) is 0 Å². The molecule has 2 aromatic heterocycles. The molecule has 2 aliphatic carbocycles. The predicted octanol–water partition coefficient (Wildman–Crippen LogP) is 4.72. The Morgan fingerprint density at radius 2 is 1.97 bits per heavy atom. The Labute approximate surface area is 228 Å². The minimum atomic E-state index is -2.66. The molecular weight excluding hydrogens is 526 g/mol. The number of nitrogens with zero attached hydrogens (tertiary/aromatic N) is 3. The molecule has 1 amide bonds. The van der Waals surface area contributed by atoms with Gasteiger partial charge in [0.2, 0.25) is 0 Å². The number of hydrogen-bond donors (Lipinski definition) is 2. The Balaban J connectivity index is 1.24. The molecule has 3 aromatic rings. The zero-order valence-electron chi connectivity index (χ0n) is 21.1. The van der Waals surface area contributed by atoms with Crippen LogP contribution in [-0.4, -0.2) is 43.3 Å². The maximum absolute atomic E-state index is 13.6. The fourth-order valence-electron chi connectivity index (χ4n) is 5.55. The Morgan fingerprint density at radius 1 is 1.15 bits per heavy atom. The molecule has 1 unspecified atom stereocenters. The van der Waals surface area contributed by atoms with Crippen molar-refractivity contribution in [2.75, 3.05) is 6.54 Å². The number of aromatic nitrogens is 3. The summed E-state index contributed by atoms with van der Waals surface area (Å²) in [6, 6.07) is 8.48. The number of rotatable bonds is 5. The molecule has 0 saturated heterocycles. The monoisotopic (exact) mass is 552 g/mol. The van der Waals surface area contributed by atoms with E-state index in [2.05, 4.69) is 9.97 Å². The third-order valence-electron chi connectivity index (χ3n) is 8.05. The largest absolute Gasteiger partial charge is 0.378 e. The second-order valence-corrected chi connectivity index (χ2v) is 11.1. The standard InChI is InChI=1S/C29H27ClF2N4O3/c30-21-3-1-2-18(13-21)24(37)26(39)36-11-6-23-22(16-36)25(38)35-27(34-23)28(9-10-28)20-12-19(14-33-15-20)17-4-7-29(31,32)8-5-17/h1-4,12-15,24,37H,5-11,16H2,(H,34,35,38). The Bertz CT molecular complexity index is 1550. The number of carbonyl (C=O) groups excluding carboxylic acids is 1. The third kappa shape index (κ3) is 4.89. The van der Waals surface area contributed by atoms with Crippen molar-refractivity contribution in [1.29, 1.82) is 0 Å². The molecule has 3 heterocycles. The second kappa shape index (κ2) is 9.64. The average Bonchev–Trinajstić information content (AvgIpc) is 3.74. The van der Waals surface area contributed by atoms with Gasteiger partial charge in [0.15, 0.2) is 6.10 Å². The maximum Gasteiger partial charge on any atom is 0.256 e. The number of aliphatic hydroxyl groups excluding tert-OH is 1. The van der Waals surface area contributed by atoms with Crippen molar-refractivity contribution in [2.24, 2.45) is 0 Å². The molecule has 0 bridgehead atoms. The van der Waals surface area contributed by atoms with Gasteiger partial charge in [-0.1, -0.05) is 29.8 Å². The van der Waals surface area contributed by atoms with Gasteiger partial charge in [0.25, 0.3) is 17.4 Å². The molecule has 1 aliphatic heterocycles. The number of pyridine rings is 1. The number of aliphatic hydroxyl groups is 1. The van der Waals surface area contributed by atoms with Gasteiger partial charge >= 0.3 is 0 Å². The molecule has 1 atom stereocenters. The molecule has 3 aliphatic rings. The fourth-order valence-corrected chi connectivity index (χ4v) is 5.75. The molecule has 1 saturated carbocycles. The van der Waals surface area contributed by atoms with Crippen LogP contribution in [0.1, 0.15) is 72.0 Å². The number of amides is 1. The van der Waals surface area contributed by atoms with Gasteiger partial charge in [0.1, 0.15) is 5.82 Å². The van der Waals surface area contributed by atoms with Crippen LogP contribution in [0.15, 0.2) is 53.6 Å². The van der Waals surface area contributed by atoms with E-state index >= 15 is 0 Å². The first kappa shape index (κ1) is 25.8. The SMILES string of the molecule is O=C(C(O)c1cccc(Cl)c1)N1CCc2nc(C3(c4cncc(C5=CCC(F)(F)CC5)c4)CC3)[nH]c(=O)c2C1. The van der Waals surface area contributed by atoms with E-state index in [1.54, 1.807) is 42.7 Å². The molecule has 0 radical (unpaired) electrons. The van der Waals surface area contributed by atoms with Gasteiger partial charge in [-0.2, -0.15) is 0 Å². The van der Waals surface area contributed by atoms with Gasteiger partial charge < -0.3 is 15.0 Å². The fraction of sp³-hybridized carbons (Fsp3) is 0.379. The average molecular weight is 553 g/mol. The van der Waals surface area contributed by atoms with E-state index in [1.165, 1.54) is 4.90 Å². The smallest absolute Gasteiger partial charge is 0.256 e. The number of alkyl halides is 2. The van der Waals surface area contributed by atoms with Gasteiger partial charge in [0.05, 0.1) is 23.2 Å². The highest BCUT2D eigenvalue weighted by atomic mass is 35.5. The number of allylic oxidation sites excluding steroid dienone is 2. The van der Waals surface area contributed by atoms with Gasteiger partial charge in [-0.05, 0) is 59.7 Å². The maximum atomic E-state index is 13.6. The van der Waals surface area contributed by atoms with Crippen molar-refractivity contribution in [3.63, 3.8) is 0 Å². The van der Waals surface area contributed by atoms with E-state index < -0.39 is 23.3 Å². The third-order valence-corrected chi connectivity index (χ3v) is 8.29. The highest BCUT2D eigenvalue weighted by Crippen LogP contribution is 2.52. The molecule has 10 heteroatoms. The minimum absolute atomic E-state index is 0.0528. The van der Waals surface area contributed by atoms with Crippen molar-refractivity contribution < 1.29 is 18.7 Å². The highest BCUT2D eigenvalue weighted by molar-refractivity contribution is 6.30. The number of nitrogens with one attached hydrogen (secondary N) is 1. The highest BCUT2D eigenvalue weighted by Gasteiger charge is 2.49. The first-order valence-electron chi connectivity index (χ1n) is 13.0. The predicted molar refractivity (Wildman–Crippen MR) is 141 cm³/mol. The summed E-state index contributed by atoms with van der Waals surface area (Å²) >= 11 is 6.00. The topological polar surface area (TPSA) is 99.2 Å². The summed E-state index contributed by atoms with van der Waals surface area (Å²) in [6.07, 6.45) is 5.47. The normalized spacial score (nSPS) is 20.1. The van der Waals surface area contributed by atoms with E-state index in [0.717, 1.165) is 29.5 Å². The van der Waals surface area contributed by atoms with Crippen molar-refractivity contribution >= 4 is 23.1 Å². The lowest BCUT2D eigenvalue weighted by molar-refractivity contribution is -0.141. The molecule has 39 heavy (non-hydrogen) atoms. The summed E-state index contributed by atoms with van der Waals surface area (Å²) in [4.78, 5) is 39.8. The van der Waals surface area contributed by atoms with Crippen molar-refractivity contribution in [1.82, 2.24) is 19.9 Å². The van der Waals surface area contributed by atoms with Gasteiger partial charge in [-0.3, -0.25) is 14.6 Å². The lowest BCUT2D eigenvalue weighted by Crippen LogP contribution is -2.42. The lowest BCUT2D eigenvalue weighted by Gasteiger charge is -2.30. The van der Waals surface area contributed by atoms with Crippen molar-refractivity contribution in [2.45, 2.75) is 62.5 Å². The van der Waals surface area contributed by atoms with Gasteiger partial charge in [0, 0.05) is 43.2 Å². The number of carbonyl (C=O) groups is 1. The number of halogens is 3. The molecule has 202 valence electrons. The second-order valence-electron chi connectivity index (χ2n) is 10.6. The molecule has 0 spiro atoms. The summed E-state index contributed by atoms with van der Waals surface area (Å²) in [7, 11) is 0. The number of fused-ring (bicyclic) bond motifs is 1. The van der Waals surface area contributed by atoms with Crippen LogP contribution >= 0.6 is 11.6 Å². The van der Waals surface area contributed by atoms with E-state index in [0.29, 0.717) is 47.1 Å². The zero-order valence-corrected chi connectivity index (χ0v) is 21.8. The van der Waals surface area contributed by atoms with E-state index in [4.69, 9.17) is 16.6 Å². The molecule has 1 aromatic carbocycles. The van der Waals surface area contributed by atoms with Crippen molar-refractivity contribution in [3.05, 3.63) is 98.0 Å². The minimum Gasteiger partial charge on any atom is -0.378 e. The first-order chi connectivity index (χ1) is 18.6. The van der Waals surface area contributed by atoms with Gasteiger partial charge in [-0.15, -0.1) is 0 Å². The van der Waals surface area contributed by atoms with Crippen LogP contribution in [0.25, 0.3) is 5.57 Å². The quantitative estimate of drug-likeness (QED) is 0.477. The van der Waals surface area contributed by atoms with Crippen LogP contribution in [0.4, 0.5) is 8.78 Å². The number of hydrogen-bond acceptors (Lipinski definition) is 5. The van der Waals surface area contributed by atoms with E-state index in [9.17, 15) is 23.5 Å². The molecule has 7 nitrogen and oxygen atoms in total. The number of benzene rings is 1. The molecule has 1 fully saturated rings. The van der Waals surface area contributed by atoms with E-state index in [1.807, 2.05) is 6.07 Å². The van der Waals surface area contributed by atoms with Gasteiger partial charge in [-0.25, -0.2) is 13.8 Å². The summed E-state index contributed by atoms with van der Waals surface area (Å²) in [5.41, 5.74) is 3.24. The molecule has 2 N–H and O–H groups in total. The zero-order chi connectivity index (χ0) is 27.4. The van der Waals surface area contributed by atoms with Crippen LogP contribution in [-0.2, 0) is 23.2 Å². The summed E-state index contributed by atoms with van der Waals surface area (Å²) in [5.74, 6) is -2.59. The Kier molecular flexibility index (Phi) is 6.38. The van der Waals surface area contributed by atoms with Crippen LogP contribution in [0, 0.1) is 0 Å². The van der Waals surface area contributed by atoms with Crippen molar-refractivity contribution in [3.8, 4) is 0 Å². The van der Waals surface area contributed by atoms with Crippen LogP contribution < -0.4 is 5.56 Å². The summed E-state index contributed by atoms with van der Waals surface area (Å²) < 4.78 is 27.3. The van der Waals surface area contributed by atoms with E-state index in [-0.39, 0.29) is 24.9 Å². The summed E-state index contributed by atoms with van der Waals surface area (Å²) in [5, 5.41) is 11.0. The summed E-state index contributed by atoms with van der Waals surface area (Å²) in [6.45, 7) is 0.374. The van der Waals surface area contributed by atoms with Crippen LogP contribution in [0.2, 0.25) is 5.02 Å². The lowest BCUT2D eigenvalue weighted by atomic mass is 9.89. The number of H-pyrrole nitrogens is 1. The number of aromatic amines is 1. The Morgan fingerprint density at radius 3 is 2.69 bits per heavy atom. The Hall–Kier alpha value is -3.43. The molecule has 6 rings (SSSR count). The molecular formula is C29H27ClF2N4O3.